The van der Waals surface area contributed by atoms with Gasteiger partial charge in [-0.1, -0.05) is 78.9 Å². The molecular weight excluding hydrogens is 448 g/mol. The summed E-state index contributed by atoms with van der Waals surface area (Å²) < 4.78 is 0. The number of rotatable bonds is 3. The van der Waals surface area contributed by atoms with Crippen molar-refractivity contribution in [3.8, 4) is 0 Å². The van der Waals surface area contributed by atoms with E-state index >= 15 is 0 Å². The van der Waals surface area contributed by atoms with Gasteiger partial charge in [-0.2, -0.15) is 0 Å². The molecule has 0 spiro atoms. The molecule has 0 aliphatic heterocycles. The normalized spacial score (nSPS) is 12.6. The van der Waals surface area contributed by atoms with E-state index < -0.39 is 0 Å². The van der Waals surface area contributed by atoms with Crippen molar-refractivity contribution in [2.75, 3.05) is 0 Å². The maximum Gasteiger partial charge on any atom is 0 e. The summed E-state index contributed by atoms with van der Waals surface area (Å²) in [6.45, 7) is 0. The number of benzene rings is 2. The third-order valence-electron chi connectivity index (χ3n) is 3.07. The van der Waals surface area contributed by atoms with Gasteiger partial charge in [0.15, 0.2) is 0 Å². The van der Waals surface area contributed by atoms with Crippen LogP contribution in [0.3, 0.4) is 0 Å². The first-order chi connectivity index (χ1) is 8.95. The minimum absolute atomic E-state index is 0. The molecule has 0 heterocycles. The van der Waals surface area contributed by atoms with Crippen molar-refractivity contribution in [2.24, 2.45) is 0 Å². The molecule has 0 atom stereocenters. The van der Waals surface area contributed by atoms with Gasteiger partial charge in [0.25, 0.3) is 0 Å². The van der Waals surface area contributed by atoms with Crippen LogP contribution in [0.25, 0.3) is 0 Å². The van der Waals surface area contributed by atoms with E-state index in [9.17, 15) is 0 Å². The smallest absolute Gasteiger partial charge is 0 e. The number of allylic oxidation sites excluding steroid dienone is 4. The molecular formula is C17H15PPd2. The van der Waals surface area contributed by atoms with E-state index in [0.717, 1.165) is 6.42 Å². The van der Waals surface area contributed by atoms with Crippen LogP contribution < -0.4 is 10.6 Å². The Balaban J connectivity index is 0.000001000. The van der Waals surface area contributed by atoms with Crippen molar-refractivity contribution in [3.63, 3.8) is 0 Å². The van der Waals surface area contributed by atoms with E-state index in [1.807, 2.05) is 0 Å². The Hall–Kier alpha value is -0.325. The molecule has 0 amide bonds. The summed E-state index contributed by atoms with van der Waals surface area (Å²) in [6, 6.07) is 21.7. The van der Waals surface area contributed by atoms with Crippen LogP contribution in [0.1, 0.15) is 6.42 Å². The Kier molecular flexibility index (Phi) is 7.84. The second-order valence-electron chi connectivity index (χ2n) is 4.30. The second-order valence-corrected chi connectivity index (χ2v) is 6.57. The van der Waals surface area contributed by atoms with Crippen LogP contribution >= 0.6 is 7.92 Å². The minimum Gasteiger partial charge on any atom is -0.0801 e. The summed E-state index contributed by atoms with van der Waals surface area (Å²) in [6.07, 6.45) is 7.80. The van der Waals surface area contributed by atoms with Crippen molar-refractivity contribution in [2.45, 2.75) is 6.42 Å². The molecule has 108 valence electrons. The summed E-state index contributed by atoms with van der Waals surface area (Å²) in [4.78, 5) is 0. The Bertz CT molecular complexity index is 537. The van der Waals surface area contributed by atoms with Gasteiger partial charge < -0.3 is 0 Å². The zero-order valence-electron chi connectivity index (χ0n) is 10.8. The summed E-state index contributed by atoms with van der Waals surface area (Å²) in [5, 5.41) is 4.42. The Labute approximate surface area is 149 Å². The van der Waals surface area contributed by atoms with E-state index in [1.54, 1.807) is 5.31 Å². The fourth-order valence-electron chi connectivity index (χ4n) is 2.24. The summed E-state index contributed by atoms with van der Waals surface area (Å²) in [5.41, 5.74) is 0. The fourth-order valence-corrected chi connectivity index (χ4v) is 4.66. The molecule has 3 rings (SSSR count). The van der Waals surface area contributed by atoms with Gasteiger partial charge in [-0.25, -0.2) is 0 Å². The van der Waals surface area contributed by atoms with Crippen LogP contribution in [0, 0.1) is 0 Å². The molecule has 0 unspecified atom stereocenters. The van der Waals surface area contributed by atoms with Gasteiger partial charge in [0.1, 0.15) is 0 Å². The SMILES string of the molecule is C1=CCC(P(c2ccccc2)c2ccccc2)=C1.[Pd].[Pd]. The van der Waals surface area contributed by atoms with E-state index in [2.05, 4.69) is 78.9 Å². The van der Waals surface area contributed by atoms with Crippen LogP contribution in [0.2, 0.25) is 0 Å². The monoisotopic (exact) mass is 462 g/mol. The molecule has 1 aliphatic rings. The van der Waals surface area contributed by atoms with Crippen LogP contribution in [-0.4, -0.2) is 0 Å². The molecule has 0 saturated heterocycles. The molecule has 0 N–H and O–H groups in total. The summed E-state index contributed by atoms with van der Waals surface area (Å²) >= 11 is 0. The van der Waals surface area contributed by atoms with E-state index in [4.69, 9.17) is 0 Å². The van der Waals surface area contributed by atoms with Gasteiger partial charge in [0.2, 0.25) is 0 Å². The molecule has 0 nitrogen and oxygen atoms in total. The van der Waals surface area contributed by atoms with E-state index in [0.29, 0.717) is 0 Å². The minimum atomic E-state index is -0.353. The zero-order chi connectivity index (χ0) is 12.2. The Morgan fingerprint density at radius 2 is 1.20 bits per heavy atom. The predicted molar refractivity (Wildman–Crippen MR) is 80.9 cm³/mol. The topological polar surface area (TPSA) is 0 Å². The molecule has 2 aromatic carbocycles. The molecule has 0 fully saturated rings. The van der Waals surface area contributed by atoms with E-state index in [-0.39, 0.29) is 48.8 Å². The van der Waals surface area contributed by atoms with Crippen molar-refractivity contribution < 1.29 is 40.8 Å². The van der Waals surface area contributed by atoms with Gasteiger partial charge in [-0.3, -0.25) is 0 Å². The largest absolute Gasteiger partial charge is 0.0801 e. The number of hydrogen-bond acceptors (Lipinski definition) is 0. The molecule has 2 aromatic rings. The van der Waals surface area contributed by atoms with Crippen LogP contribution in [0.15, 0.2) is 84.2 Å². The van der Waals surface area contributed by atoms with Crippen molar-refractivity contribution >= 4 is 18.5 Å². The summed E-state index contributed by atoms with van der Waals surface area (Å²) in [7, 11) is -0.353. The first-order valence-electron chi connectivity index (χ1n) is 6.21. The van der Waals surface area contributed by atoms with Crippen molar-refractivity contribution in [1.82, 2.24) is 0 Å². The molecule has 20 heavy (non-hydrogen) atoms. The predicted octanol–water partition coefficient (Wildman–Crippen LogP) is 3.96. The molecule has 3 heteroatoms. The van der Waals surface area contributed by atoms with Gasteiger partial charge >= 0.3 is 0 Å². The maximum atomic E-state index is 2.28. The average molecular weight is 463 g/mol. The molecule has 0 bridgehead atoms. The standard InChI is InChI=1S/C17H15P.2Pd/c1-3-9-15(10-4-1)18(17-13-7-8-14-17)16-11-5-2-6-12-16;;/h1-13H,14H2;;. The first-order valence-corrected chi connectivity index (χ1v) is 7.55. The maximum absolute atomic E-state index is 2.28. The number of hydrogen-bond donors (Lipinski definition) is 0. The molecule has 0 aromatic heterocycles. The van der Waals surface area contributed by atoms with Crippen molar-refractivity contribution in [1.29, 1.82) is 0 Å². The third kappa shape index (κ3) is 4.09. The van der Waals surface area contributed by atoms with Gasteiger partial charge in [-0.05, 0) is 30.3 Å². The van der Waals surface area contributed by atoms with Crippen LogP contribution in [-0.2, 0) is 40.8 Å². The Morgan fingerprint density at radius 3 is 1.60 bits per heavy atom. The third-order valence-corrected chi connectivity index (χ3v) is 5.60. The average Bonchev–Trinajstić information content (AvgIpc) is 2.95. The molecule has 0 saturated carbocycles. The van der Waals surface area contributed by atoms with Crippen molar-refractivity contribution in [3.05, 3.63) is 84.2 Å². The molecule has 1 aliphatic carbocycles. The first kappa shape index (κ1) is 17.7. The summed E-state index contributed by atoms with van der Waals surface area (Å²) in [5.74, 6) is 0. The zero-order valence-corrected chi connectivity index (χ0v) is 14.8. The van der Waals surface area contributed by atoms with Gasteiger partial charge in [0.05, 0.1) is 0 Å². The van der Waals surface area contributed by atoms with Crippen LogP contribution in [0.5, 0.6) is 0 Å². The van der Waals surface area contributed by atoms with Crippen LogP contribution in [0.4, 0.5) is 0 Å². The van der Waals surface area contributed by atoms with E-state index in [1.165, 1.54) is 10.6 Å². The molecule has 0 radical (unpaired) electrons. The quantitative estimate of drug-likeness (QED) is 0.478. The fraction of sp³-hybridized carbons (Fsp3) is 0.0588. The second kappa shape index (κ2) is 8.85. The van der Waals surface area contributed by atoms with Gasteiger partial charge in [0, 0.05) is 40.8 Å². The van der Waals surface area contributed by atoms with Gasteiger partial charge in [-0.15, -0.1) is 0 Å². The Morgan fingerprint density at radius 1 is 0.700 bits per heavy atom.